The lowest BCUT2D eigenvalue weighted by Crippen LogP contribution is -1.99. The molecule has 0 saturated heterocycles. The number of aromatic nitrogens is 2. The smallest absolute Gasteiger partial charge is 0.178 e. The molecule has 0 amide bonds. The average molecular weight is 333 g/mol. The summed E-state index contributed by atoms with van der Waals surface area (Å²) in [6.07, 6.45) is 1.90. The van der Waals surface area contributed by atoms with Gasteiger partial charge in [-0.15, -0.1) is 11.3 Å². The maximum atomic E-state index is 11.6. The Labute approximate surface area is 144 Å². The Balaban J connectivity index is 1.76. The first-order valence-electron chi connectivity index (χ1n) is 7.69. The fourth-order valence-corrected chi connectivity index (χ4v) is 3.49. The highest BCUT2D eigenvalue weighted by Gasteiger charge is 2.23. The molecule has 2 aromatic heterocycles. The number of aryl methyl sites for hydroxylation is 1. The van der Waals surface area contributed by atoms with Gasteiger partial charge in [-0.25, -0.2) is 9.97 Å². The van der Waals surface area contributed by atoms with Gasteiger partial charge in [0.25, 0.3) is 0 Å². The topological polar surface area (TPSA) is 55.2 Å². The van der Waals surface area contributed by atoms with Gasteiger partial charge in [-0.3, -0.25) is 9.79 Å². The van der Waals surface area contributed by atoms with Crippen molar-refractivity contribution in [3.05, 3.63) is 69.3 Å². The van der Waals surface area contributed by atoms with E-state index in [0.717, 1.165) is 33.1 Å². The van der Waals surface area contributed by atoms with Gasteiger partial charge in [0.15, 0.2) is 5.78 Å². The molecule has 4 nitrogen and oxygen atoms in total. The number of thiazole rings is 1. The summed E-state index contributed by atoms with van der Waals surface area (Å²) in [5.74, 6) is -0.0304. The van der Waals surface area contributed by atoms with Crippen LogP contribution in [0.15, 0.2) is 46.8 Å². The van der Waals surface area contributed by atoms with E-state index in [2.05, 4.69) is 32.5 Å². The third-order valence-corrected chi connectivity index (χ3v) is 4.86. The lowest BCUT2D eigenvalue weighted by Gasteiger charge is -2.10. The second kappa shape index (κ2) is 5.76. The SMILES string of the molecule is CC(=O)c1cccc(-c2ccc3c(c2)C(c2csc(C)n2)N=C3)n1. The second-order valence-corrected chi connectivity index (χ2v) is 6.84. The number of nitrogens with zero attached hydrogens (tertiary/aromatic N) is 3. The summed E-state index contributed by atoms with van der Waals surface area (Å²) < 4.78 is 0. The maximum absolute atomic E-state index is 11.6. The van der Waals surface area contributed by atoms with Crippen LogP contribution in [-0.2, 0) is 0 Å². The molecule has 4 rings (SSSR count). The molecule has 0 bridgehead atoms. The number of Topliss-reactive ketones (excluding diaryl/α,β-unsaturated/α-hetero) is 1. The zero-order valence-corrected chi connectivity index (χ0v) is 14.2. The van der Waals surface area contributed by atoms with Crippen molar-refractivity contribution in [2.45, 2.75) is 19.9 Å². The molecular formula is C19H15N3OS. The molecule has 1 aromatic carbocycles. The molecule has 0 aliphatic carbocycles. The molecule has 1 unspecified atom stereocenters. The Morgan fingerprint density at radius 2 is 2.04 bits per heavy atom. The van der Waals surface area contributed by atoms with E-state index in [4.69, 9.17) is 0 Å². The van der Waals surface area contributed by atoms with Crippen molar-refractivity contribution >= 4 is 23.3 Å². The summed E-state index contributed by atoms with van der Waals surface area (Å²) in [6.45, 7) is 3.53. The van der Waals surface area contributed by atoms with Crippen molar-refractivity contribution < 1.29 is 4.79 Å². The number of carbonyl (C=O) groups excluding carboxylic acids is 1. The van der Waals surface area contributed by atoms with Gasteiger partial charge in [0.1, 0.15) is 11.7 Å². The van der Waals surface area contributed by atoms with Crippen molar-refractivity contribution in [3.63, 3.8) is 0 Å². The van der Waals surface area contributed by atoms with Crippen molar-refractivity contribution in [3.8, 4) is 11.3 Å². The van der Waals surface area contributed by atoms with Crippen LogP contribution in [-0.4, -0.2) is 22.0 Å². The molecule has 0 radical (unpaired) electrons. The van der Waals surface area contributed by atoms with E-state index in [1.54, 1.807) is 17.4 Å². The predicted molar refractivity (Wildman–Crippen MR) is 96.0 cm³/mol. The number of carbonyl (C=O) groups is 1. The molecule has 0 N–H and O–H groups in total. The molecule has 1 aliphatic rings. The molecule has 0 fully saturated rings. The average Bonchev–Trinajstić information content (AvgIpc) is 3.20. The number of aliphatic imine (C=N–C) groups is 1. The van der Waals surface area contributed by atoms with Crippen LogP contribution in [0.2, 0.25) is 0 Å². The first kappa shape index (κ1) is 14.9. The maximum Gasteiger partial charge on any atom is 0.178 e. The third kappa shape index (κ3) is 2.57. The van der Waals surface area contributed by atoms with Gasteiger partial charge < -0.3 is 0 Å². The first-order chi connectivity index (χ1) is 11.6. The van der Waals surface area contributed by atoms with Gasteiger partial charge >= 0.3 is 0 Å². The van der Waals surface area contributed by atoms with E-state index >= 15 is 0 Å². The molecule has 24 heavy (non-hydrogen) atoms. The van der Waals surface area contributed by atoms with Crippen molar-refractivity contribution in [1.82, 2.24) is 9.97 Å². The highest BCUT2D eigenvalue weighted by Crippen LogP contribution is 2.35. The van der Waals surface area contributed by atoms with Crippen molar-refractivity contribution in [2.75, 3.05) is 0 Å². The lowest BCUT2D eigenvalue weighted by molar-refractivity contribution is 0.101. The monoisotopic (exact) mass is 333 g/mol. The standard InChI is InChI=1S/C19H15N3OS/c1-11(23)16-4-3-5-17(22-16)13-6-7-14-9-20-19(15(14)8-13)18-10-24-12(2)21-18/h3-10,19H,1-2H3. The summed E-state index contributed by atoms with van der Waals surface area (Å²) >= 11 is 1.64. The Hall–Kier alpha value is -2.66. The summed E-state index contributed by atoms with van der Waals surface area (Å²) in [4.78, 5) is 25.2. The van der Waals surface area contributed by atoms with Gasteiger partial charge in [0.05, 0.1) is 16.4 Å². The molecule has 118 valence electrons. The van der Waals surface area contributed by atoms with Crippen LogP contribution in [0.1, 0.15) is 45.3 Å². The zero-order valence-electron chi connectivity index (χ0n) is 13.4. The summed E-state index contributed by atoms with van der Waals surface area (Å²) in [5.41, 5.74) is 5.49. The Bertz CT molecular complexity index is 974. The number of rotatable bonds is 3. The fraction of sp³-hybridized carbons (Fsp3) is 0.158. The molecule has 3 aromatic rings. The van der Waals surface area contributed by atoms with E-state index in [1.807, 2.05) is 31.3 Å². The highest BCUT2D eigenvalue weighted by atomic mass is 32.1. The number of ketones is 1. The molecular weight excluding hydrogens is 318 g/mol. The van der Waals surface area contributed by atoms with Crippen molar-refractivity contribution in [1.29, 1.82) is 0 Å². The summed E-state index contributed by atoms with van der Waals surface area (Å²) in [7, 11) is 0. The molecule has 5 heteroatoms. The minimum Gasteiger partial charge on any atom is -0.293 e. The van der Waals surface area contributed by atoms with Crippen LogP contribution in [0.3, 0.4) is 0 Å². The first-order valence-corrected chi connectivity index (χ1v) is 8.57. The van der Waals surface area contributed by atoms with Gasteiger partial charge in [-0.05, 0) is 36.2 Å². The van der Waals surface area contributed by atoms with E-state index in [-0.39, 0.29) is 11.8 Å². The summed E-state index contributed by atoms with van der Waals surface area (Å²) in [5, 5.41) is 3.11. The Morgan fingerprint density at radius 1 is 1.17 bits per heavy atom. The number of benzene rings is 1. The highest BCUT2D eigenvalue weighted by molar-refractivity contribution is 7.09. The van der Waals surface area contributed by atoms with Crippen LogP contribution in [0.5, 0.6) is 0 Å². The molecule has 3 heterocycles. The number of hydrogen-bond acceptors (Lipinski definition) is 5. The molecule has 1 atom stereocenters. The Morgan fingerprint density at radius 3 is 2.79 bits per heavy atom. The summed E-state index contributed by atoms with van der Waals surface area (Å²) in [6, 6.07) is 11.6. The van der Waals surface area contributed by atoms with Crippen LogP contribution >= 0.6 is 11.3 Å². The normalized spacial score (nSPS) is 15.5. The number of pyridine rings is 1. The van der Waals surface area contributed by atoms with Gasteiger partial charge in [0.2, 0.25) is 0 Å². The van der Waals surface area contributed by atoms with Crippen LogP contribution in [0.25, 0.3) is 11.3 Å². The number of fused-ring (bicyclic) bond motifs is 1. The minimum absolute atomic E-state index is 0.0304. The molecule has 0 spiro atoms. The van der Waals surface area contributed by atoms with E-state index in [9.17, 15) is 4.79 Å². The van der Waals surface area contributed by atoms with Gasteiger partial charge in [0, 0.05) is 24.1 Å². The molecule has 1 aliphatic heterocycles. The van der Waals surface area contributed by atoms with Crippen molar-refractivity contribution in [2.24, 2.45) is 4.99 Å². The van der Waals surface area contributed by atoms with Gasteiger partial charge in [-0.2, -0.15) is 0 Å². The fourth-order valence-electron chi connectivity index (χ4n) is 2.86. The number of hydrogen-bond donors (Lipinski definition) is 0. The quantitative estimate of drug-likeness (QED) is 0.674. The van der Waals surface area contributed by atoms with E-state index in [1.165, 1.54) is 6.92 Å². The lowest BCUT2D eigenvalue weighted by atomic mass is 9.98. The van der Waals surface area contributed by atoms with E-state index < -0.39 is 0 Å². The third-order valence-electron chi connectivity index (χ3n) is 4.07. The zero-order chi connectivity index (χ0) is 16.7. The second-order valence-electron chi connectivity index (χ2n) is 5.78. The molecule has 0 saturated carbocycles. The van der Waals surface area contributed by atoms with Crippen LogP contribution in [0, 0.1) is 6.92 Å². The van der Waals surface area contributed by atoms with Crippen LogP contribution < -0.4 is 0 Å². The minimum atomic E-state index is -0.0547. The van der Waals surface area contributed by atoms with E-state index in [0.29, 0.717) is 5.69 Å². The largest absolute Gasteiger partial charge is 0.293 e. The predicted octanol–water partition coefficient (Wildman–Crippen LogP) is 4.24. The Kier molecular flexibility index (Phi) is 3.58. The van der Waals surface area contributed by atoms with Gasteiger partial charge in [-0.1, -0.05) is 18.2 Å². The van der Waals surface area contributed by atoms with Crippen LogP contribution in [0.4, 0.5) is 0 Å².